The van der Waals surface area contributed by atoms with Gasteiger partial charge in [-0.3, -0.25) is 9.69 Å². The van der Waals surface area contributed by atoms with Crippen LogP contribution >= 0.6 is 0 Å². The second-order valence-electron chi connectivity index (χ2n) is 4.97. The molecule has 2 saturated heterocycles. The first kappa shape index (κ1) is 11.9. The molecule has 2 N–H and O–H groups in total. The SMILES string of the molecule is CN(C1CCCNC1)C1CCCCNC1=O. The number of hydrogen-bond acceptors (Lipinski definition) is 3. The summed E-state index contributed by atoms with van der Waals surface area (Å²) in [5.74, 6) is 0.227. The van der Waals surface area contributed by atoms with Crippen LogP contribution in [0.5, 0.6) is 0 Å². The van der Waals surface area contributed by atoms with Crippen molar-refractivity contribution >= 4 is 5.91 Å². The van der Waals surface area contributed by atoms with Gasteiger partial charge in [0.2, 0.25) is 5.91 Å². The molecule has 0 radical (unpaired) electrons. The summed E-state index contributed by atoms with van der Waals surface area (Å²) in [6.45, 7) is 3.01. The summed E-state index contributed by atoms with van der Waals surface area (Å²) in [4.78, 5) is 14.2. The fourth-order valence-corrected chi connectivity index (χ4v) is 2.75. The number of piperidine rings is 1. The molecule has 92 valence electrons. The molecule has 0 spiro atoms. The van der Waals surface area contributed by atoms with Crippen LogP contribution in [-0.4, -0.2) is 49.6 Å². The average Bonchev–Trinajstić information content (AvgIpc) is 2.54. The molecule has 2 heterocycles. The van der Waals surface area contributed by atoms with Crippen molar-refractivity contribution in [3.63, 3.8) is 0 Å². The lowest BCUT2D eigenvalue weighted by molar-refractivity contribution is -0.126. The monoisotopic (exact) mass is 225 g/mol. The van der Waals surface area contributed by atoms with Gasteiger partial charge >= 0.3 is 0 Å². The van der Waals surface area contributed by atoms with E-state index in [1.165, 1.54) is 12.8 Å². The number of nitrogens with zero attached hydrogens (tertiary/aromatic N) is 1. The van der Waals surface area contributed by atoms with Crippen LogP contribution < -0.4 is 10.6 Å². The summed E-state index contributed by atoms with van der Waals surface area (Å²) in [5, 5.41) is 6.43. The van der Waals surface area contributed by atoms with Gasteiger partial charge in [0.15, 0.2) is 0 Å². The van der Waals surface area contributed by atoms with Crippen LogP contribution in [0.1, 0.15) is 32.1 Å². The van der Waals surface area contributed by atoms with Gasteiger partial charge in [0.1, 0.15) is 0 Å². The van der Waals surface area contributed by atoms with Gasteiger partial charge < -0.3 is 10.6 Å². The molecule has 2 fully saturated rings. The Hall–Kier alpha value is -0.610. The van der Waals surface area contributed by atoms with Gasteiger partial charge in [0, 0.05) is 19.1 Å². The molecule has 16 heavy (non-hydrogen) atoms. The molecule has 0 aromatic rings. The summed E-state index contributed by atoms with van der Waals surface area (Å²) in [7, 11) is 2.10. The molecule has 1 amide bonds. The minimum absolute atomic E-state index is 0.0902. The van der Waals surface area contributed by atoms with Crippen molar-refractivity contribution in [2.24, 2.45) is 0 Å². The first-order valence-corrected chi connectivity index (χ1v) is 6.49. The smallest absolute Gasteiger partial charge is 0.237 e. The molecule has 4 heteroatoms. The average molecular weight is 225 g/mol. The molecule has 0 aromatic carbocycles. The Morgan fingerprint density at radius 1 is 1.19 bits per heavy atom. The van der Waals surface area contributed by atoms with Crippen LogP contribution in [0.15, 0.2) is 0 Å². The lowest BCUT2D eigenvalue weighted by atomic mass is 10.0. The molecule has 0 aromatic heterocycles. The minimum atomic E-state index is 0.0902. The lowest BCUT2D eigenvalue weighted by Crippen LogP contribution is -2.52. The zero-order valence-corrected chi connectivity index (χ0v) is 10.2. The predicted octanol–water partition coefficient (Wildman–Crippen LogP) is 0.339. The van der Waals surface area contributed by atoms with Crippen molar-refractivity contribution in [1.29, 1.82) is 0 Å². The van der Waals surface area contributed by atoms with E-state index >= 15 is 0 Å². The topological polar surface area (TPSA) is 44.4 Å². The summed E-state index contributed by atoms with van der Waals surface area (Å²) in [6, 6.07) is 0.620. The van der Waals surface area contributed by atoms with Crippen LogP contribution in [0, 0.1) is 0 Å². The largest absolute Gasteiger partial charge is 0.355 e. The number of nitrogens with one attached hydrogen (secondary N) is 2. The van der Waals surface area contributed by atoms with Crippen LogP contribution in [0.3, 0.4) is 0 Å². The first-order valence-electron chi connectivity index (χ1n) is 6.49. The normalized spacial score (nSPS) is 32.2. The molecule has 2 aliphatic rings. The molecule has 2 rings (SSSR count). The van der Waals surface area contributed by atoms with Crippen LogP contribution in [0.25, 0.3) is 0 Å². The number of carbonyl (C=O) groups excluding carboxylic acids is 1. The Morgan fingerprint density at radius 2 is 2.06 bits per heavy atom. The number of hydrogen-bond donors (Lipinski definition) is 2. The zero-order chi connectivity index (χ0) is 11.4. The molecule has 0 saturated carbocycles. The Bertz CT molecular complexity index is 238. The fraction of sp³-hybridized carbons (Fsp3) is 0.917. The molecular formula is C12H23N3O. The van der Waals surface area contributed by atoms with Crippen molar-refractivity contribution in [3.8, 4) is 0 Å². The number of likely N-dealkylation sites (N-methyl/N-ethyl adjacent to an activating group) is 1. The Balaban J connectivity index is 1.95. The maximum absolute atomic E-state index is 11.9. The predicted molar refractivity (Wildman–Crippen MR) is 64.3 cm³/mol. The highest BCUT2D eigenvalue weighted by atomic mass is 16.2. The highest BCUT2D eigenvalue weighted by molar-refractivity contribution is 5.81. The van der Waals surface area contributed by atoms with Gasteiger partial charge in [-0.2, -0.15) is 0 Å². The second-order valence-corrected chi connectivity index (χ2v) is 4.97. The van der Waals surface area contributed by atoms with Gasteiger partial charge in [0.05, 0.1) is 6.04 Å². The summed E-state index contributed by atoms with van der Waals surface area (Å²) in [5.41, 5.74) is 0. The van der Waals surface area contributed by atoms with E-state index < -0.39 is 0 Å². The summed E-state index contributed by atoms with van der Waals surface area (Å²) in [6.07, 6.45) is 5.74. The highest BCUT2D eigenvalue weighted by Gasteiger charge is 2.29. The third-order valence-corrected chi connectivity index (χ3v) is 3.84. The second kappa shape index (κ2) is 5.64. The van der Waals surface area contributed by atoms with E-state index in [-0.39, 0.29) is 11.9 Å². The molecule has 2 atom stereocenters. The van der Waals surface area contributed by atoms with E-state index in [0.29, 0.717) is 6.04 Å². The summed E-state index contributed by atoms with van der Waals surface area (Å²) < 4.78 is 0. The molecule has 0 aliphatic carbocycles. The van der Waals surface area contributed by atoms with E-state index in [9.17, 15) is 4.79 Å². The zero-order valence-electron chi connectivity index (χ0n) is 10.2. The Kier molecular flexibility index (Phi) is 4.18. The standard InChI is InChI=1S/C12H23N3O/c1-15(10-5-4-7-13-9-10)11-6-2-3-8-14-12(11)16/h10-11,13H,2-9H2,1H3,(H,14,16). The number of rotatable bonds is 2. The Morgan fingerprint density at radius 3 is 2.81 bits per heavy atom. The van der Waals surface area contributed by atoms with E-state index in [1.54, 1.807) is 0 Å². The van der Waals surface area contributed by atoms with Crippen molar-refractivity contribution < 1.29 is 4.79 Å². The molecule has 0 bridgehead atoms. The molecular weight excluding hydrogens is 202 g/mol. The Labute approximate surface area is 97.8 Å². The quantitative estimate of drug-likeness (QED) is 0.712. The maximum Gasteiger partial charge on any atom is 0.237 e. The highest BCUT2D eigenvalue weighted by Crippen LogP contribution is 2.17. The molecule has 4 nitrogen and oxygen atoms in total. The van der Waals surface area contributed by atoms with Gasteiger partial charge in [0.25, 0.3) is 0 Å². The lowest BCUT2D eigenvalue weighted by Gasteiger charge is -2.36. The van der Waals surface area contributed by atoms with Crippen molar-refractivity contribution in [1.82, 2.24) is 15.5 Å². The van der Waals surface area contributed by atoms with Gasteiger partial charge in [-0.1, -0.05) is 0 Å². The van der Waals surface area contributed by atoms with Crippen LogP contribution in [0.4, 0.5) is 0 Å². The van der Waals surface area contributed by atoms with Gasteiger partial charge in [-0.15, -0.1) is 0 Å². The fourth-order valence-electron chi connectivity index (χ4n) is 2.75. The summed E-state index contributed by atoms with van der Waals surface area (Å²) >= 11 is 0. The molecule has 2 aliphatic heterocycles. The van der Waals surface area contributed by atoms with E-state index in [2.05, 4.69) is 22.6 Å². The van der Waals surface area contributed by atoms with Gasteiger partial charge in [-0.05, 0) is 45.7 Å². The first-order chi connectivity index (χ1) is 7.79. The number of carbonyl (C=O) groups is 1. The van der Waals surface area contributed by atoms with E-state index in [1.807, 2.05) is 0 Å². The van der Waals surface area contributed by atoms with E-state index in [4.69, 9.17) is 0 Å². The van der Waals surface area contributed by atoms with Gasteiger partial charge in [-0.25, -0.2) is 0 Å². The van der Waals surface area contributed by atoms with Crippen LogP contribution in [-0.2, 0) is 4.79 Å². The van der Waals surface area contributed by atoms with Crippen LogP contribution in [0.2, 0.25) is 0 Å². The van der Waals surface area contributed by atoms with Crippen molar-refractivity contribution in [3.05, 3.63) is 0 Å². The minimum Gasteiger partial charge on any atom is -0.355 e. The van der Waals surface area contributed by atoms with Crippen molar-refractivity contribution in [2.75, 3.05) is 26.7 Å². The third-order valence-electron chi connectivity index (χ3n) is 3.84. The number of amides is 1. The maximum atomic E-state index is 11.9. The van der Waals surface area contributed by atoms with Crippen molar-refractivity contribution in [2.45, 2.75) is 44.2 Å². The third kappa shape index (κ3) is 2.74. The van der Waals surface area contributed by atoms with E-state index in [0.717, 1.165) is 38.9 Å². The molecule has 2 unspecified atom stereocenters.